The molecule has 0 aromatic heterocycles. The van der Waals surface area contributed by atoms with Crippen LogP contribution in [0.25, 0.3) is 0 Å². The van der Waals surface area contributed by atoms with Crippen molar-refractivity contribution in [2.75, 3.05) is 13.2 Å². The number of hydrogen-bond donors (Lipinski definition) is 1. The molecule has 0 bridgehead atoms. The maximum absolute atomic E-state index is 5.98. The quantitative estimate of drug-likeness (QED) is 0.775. The lowest BCUT2D eigenvalue weighted by atomic mass is 9.96. The van der Waals surface area contributed by atoms with E-state index >= 15 is 0 Å². The van der Waals surface area contributed by atoms with Crippen molar-refractivity contribution >= 4 is 0 Å². The van der Waals surface area contributed by atoms with Gasteiger partial charge in [-0.05, 0) is 57.1 Å². The van der Waals surface area contributed by atoms with E-state index in [0.29, 0.717) is 12.1 Å². The monoisotopic (exact) mass is 275 g/mol. The molecule has 0 saturated carbocycles. The summed E-state index contributed by atoms with van der Waals surface area (Å²) in [6.07, 6.45) is 9.07. The van der Waals surface area contributed by atoms with Gasteiger partial charge in [-0.25, -0.2) is 0 Å². The van der Waals surface area contributed by atoms with E-state index in [1.807, 2.05) is 0 Å². The Kier molecular flexibility index (Phi) is 7.10. The molecule has 0 aliphatic carbocycles. The Hall–Kier alpha value is -0.860. The number of nitrogens with one attached hydrogen (secondary N) is 1. The molecule has 1 aromatic carbocycles. The molecule has 112 valence electrons. The van der Waals surface area contributed by atoms with Gasteiger partial charge in [-0.15, -0.1) is 0 Å². The summed E-state index contributed by atoms with van der Waals surface area (Å²) < 4.78 is 5.98. The van der Waals surface area contributed by atoms with Crippen LogP contribution in [0.1, 0.15) is 51.0 Å². The molecule has 1 aromatic rings. The van der Waals surface area contributed by atoms with Crippen LogP contribution in [0.15, 0.2) is 30.3 Å². The Morgan fingerprint density at radius 1 is 1.25 bits per heavy atom. The lowest BCUT2D eigenvalue weighted by molar-refractivity contribution is -0.00957. The predicted octanol–water partition coefficient (Wildman–Crippen LogP) is 3.95. The van der Waals surface area contributed by atoms with Gasteiger partial charge in [0.25, 0.3) is 0 Å². The van der Waals surface area contributed by atoms with Gasteiger partial charge in [-0.3, -0.25) is 0 Å². The van der Waals surface area contributed by atoms with Crippen molar-refractivity contribution in [1.29, 1.82) is 0 Å². The molecule has 2 unspecified atom stereocenters. The Labute approximate surface area is 123 Å². The molecule has 2 rings (SSSR count). The third kappa shape index (κ3) is 5.26. The van der Waals surface area contributed by atoms with Gasteiger partial charge in [-0.2, -0.15) is 0 Å². The molecule has 0 amide bonds. The Bertz CT molecular complexity index is 346. The Morgan fingerprint density at radius 2 is 2.10 bits per heavy atom. The first-order chi connectivity index (χ1) is 9.90. The molecule has 2 atom stereocenters. The summed E-state index contributed by atoms with van der Waals surface area (Å²) in [4.78, 5) is 0. The second-order valence-corrected chi connectivity index (χ2v) is 5.84. The number of ether oxygens (including phenoxy) is 1. The molecule has 1 aliphatic rings. The van der Waals surface area contributed by atoms with Crippen LogP contribution in [-0.2, 0) is 11.2 Å². The molecule has 0 radical (unpaired) electrons. The molecule has 2 nitrogen and oxygen atoms in total. The van der Waals surface area contributed by atoms with Crippen LogP contribution in [0.4, 0.5) is 0 Å². The zero-order chi connectivity index (χ0) is 14.0. The Morgan fingerprint density at radius 3 is 2.80 bits per heavy atom. The highest BCUT2D eigenvalue weighted by atomic mass is 16.5. The number of hydrogen-bond acceptors (Lipinski definition) is 2. The van der Waals surface area contributed by atoms with Gasteiger partial charge in [0.2, 0.25) is 0 Å². The van der Waals surface area contributed by atoms with E-state index in [-0.39, 0.29) is 0 Å². The molecule has 1 heterocycles. The first-order valence-corrected chi connectivity index (χ1v) is 8.29. The summed E-state index contributed by atoms with van der Waals surface area (Å²) in [7, 11) is 0. The minimum Gasteiger partial charge on any atom is -0.377 e. The normalized spacial score (nSPS) is 20.8. The van der Waals surface area contributed by atoms with E-state index < -0.39 is 0 Å². The second kappa shape index (κ2) is 9.15. The summed E-state index contributed by atoms with van der Waals surface area (Å²) in [6.45, 7) is 4.29. The topological polar surface area (TPSA) is 21.3 Å². The first kappa shape index (κ1) is 15.5. The minimum absolute atomic E-state index is 0.436. The summed E-state index contributed by atoms with van der Waals surface area (Å²) in [6, 6.07) is 11.3. The molecular weight excluding hydrogens is 246 g/mol. The van der Waals surface area contributed by atoms with Crippen molar-refractivity contribution in [1.82, 2.24) is 5.32 Å². The third-order valence-electron chi connectivity index (χ3n) is 4.14. The fourth-order valence-corrected chi connectivity index (χ4v) is 3.00. The molecule has 1 N–H and O–H groups in total. The van der Waals surface area contributed by atoms with E-state index in [1.54, 1.807) is 0 Å². The molecule has 1 aliphatic heterocycles. The van der Waals surface area contributed by atoms with E-state index in [0.717, 1.165) is 13.2 Å². The zero-order valence-corrected chi connectivity index (χ0v) is 12.8. The van der Waals surface area contributed by atoms with Gasteiger partial charge in [0, 0.05) is 12.6 Å². The van der Waals surface area contributed by atoms with Crippen molar-refractivity contribution in [3.8, 4) is 0 Å². The van der Waals surface area contributed by atoms with Crippen LogP contribution in [0, 0.1) is 0 Å². The van der Waals surface area contributed by atoms with Crippen LogP contribution in [0.5, 0.6) is 0 Å². The van der Waals surface area contributed by atoms with E-state index in [2.05, 4.69) is 42.6 Å². The van der Waals surface area contributed by atoms with Gasteiger partial charge < -0.3 is 10.1 Å². The SMILES string of the molecule is CCCNC(CCCc1ccccc1)C1CCCCO1. The molecule has 0 spiro atoms. The molecule has 20 heavy (non-hydrogen) atoms. The lowest BCUT2D eigenvalue weighted by Crippen LogP contribution is -2.43. The molecular formula is C18H29NO. The first-order valence-electron chi connectivity index (χ1n) is 8.29. The average molecular weight is 275 g/mol. The highest BCUT2D eigenvalue weighted by molar-refractivity contribution is 5.14. The van der Waals surface area contributed by atoms with Crippen molar-refractivity contribution in [3.05, 3.63) is 35.9 Å². The van der Waals surface area contributed by atoms with Crippen LogP contribution in [0.3, 0.4) is 0 Å². The fourth-order valence-electron chi connectivity index (χ4n) is 3.00. The third-order valence-corrected chi connectivity index (χ3v) is 4.14. The van der Waals surface area contributed by atoms with Gasteiger partial charge >= 0.3 is 0 Å². The number of rotatable bonds is 8. The summed E-state index contributed by atoms with van der Waals surface area (Å²) in [5.74, 6) is 0. The smallest absolute Gasteiger partial charge is 0.0728 e. The molecule has 1 fully saturated rings. The van der Waals surface area contributed by atoms with E-state index in [4.69, 9.17) is 4.74 Å². The highest BCUT2D eigenvalue weighted by Crippen LogP contribution is 2.19. The summed E-state index contributed by atoms with van der Waals surface area (Å²) >= 11 is 0. The Balaban J connectivity index is 1.77. The number of benzene rings is 1. The summed E-state index contributed by atoms with van der Waals surface area (Å²) in [5.41, 5.74) is 1.45. The van der Waals surface area contributed by atoms with Crippen LogP contribution in [-0.4, -0.2) is 25.3 Å². The predicted molar refractivity (Wildman–Crippen MR) is 85.1 cm³/mol. The van der Waals surface area contributed by atoms with Crippen molar-refractivity contribution < 1.29 is 4.74 Å². The molecule has 1 saturated heterocycles. The number of aryl methyl sites for hydroxylation is 1. The van der Waals surface area contributed by atoms with Crippen LogP contribution >= 0.6 is 0 Å². The van der Waals surface area contributed by atoms with Gasteiger partial charge in [0.15, 0.2) is 0 Å². The standard InChI is InChI=1S/C18H29NO/c1-2-14-19-17(18-13-6-7-15-20-18)12-8-11-16-9-4-3-5-10-16/h3-5,9-10,17-19H,2,6-8,11-15H2,1H3. The van der Waals surface area contributed by atoms with Crippen molar-refractivity contribution in [2.24, 2.45) is 0 Å². The minimum atomic E-state index is 0.436. The van der Waals surface area contributed by atoms with E-state index in [9.17, 15) is 0 Å². The van der Waals surface area contributed by atoms with Gasteiger partial charge in [-0.1, -0.05) is 37.3 Å². The lowest BCUT2D eigenvalue weighted by Gasteiger charge is -2.31. The average Bonchev–Trinajstić information content (AvgIpc) is 2.52. The second-order valence-electron chi connectivity index (χ2n) is 5.84. The highest BCUT2D eigenvalue weighted by Gasteiger charge is 2.23. The summed E-state index contributed by atoms with van der Waals surface area (Å²) in [5, 5.41) is 3.70. The van der Waals surface area contributed by atoms with Gasteiger partial charge in [0.1, 0.15) is 0 Å². The van der Waals surface area contributed by atoms with Crippen LogP contribution in [0.2, 0.25) is 0 Å². The van der Waals surface area contributed by atoms with Crippen LogP contribution < -0.4 is 5.32 Å². The van der Waals surface area contributed by atoms with E-state index in [1.165, 1.54) is 50.5 Å². The zero-order valence-electron chi connectivity index (χ0n) is 12.8. The largest absolute Gasteiger partial charge is 0.377 e. The van der Waals surface area contributed by atoms with Crippen molar-refractivity contribution in [3.63, 3.8) is 0 Å². The van der Waals surface area contributed by atoms with Crippen molar-refractivity contribution in [2.45, 2.75) is 64.0 Å². The molecule has 2 heteroatoms. The maximum atomic E-state index is 5.98. The van der Waals surface area contributed by atoms with Gasteiger partial charge in [0.05, 0.1) is 6.10 Å². The maximum Gasteiger partial charge on any atom is 0.0728 e. The fraction of sp³-hybridized carbons (Fsp3) is 0.667.